The van der Waals surface area contributed by atoms with Gasteiger partial charge in [-0.2, -0.15) is 0 Å². The van der Waals surface area contributed by atoms with Crippen molar-refractivity contribution in [1.82, 2.24) is 0 Å². The second-order valence-corrected chi connectivity index (χ2v) is 4.15. The fourth-order valence-corrected chi connectivity index (χ4v) is 1.54. The summed E-state index contributed by atoms with van der Waals surface area (Å²) in [5.74, 6) is -0.149. The number of carbonyl (C=O) groups excluding carboxylic acids is 1. The second kappa shape index (κ2) is 5.97. The molecule has 5 heteroatoms. The van der Waals surface area contributed by atoms with E-state index in [1.165, 1.54) is 7.11 Å². The summed E-state index contributed by atoms with van der Waals surface area (Å²) in [6.07, 6.45) is 0. The molecule has 0 aliphatic carbocycles. The minimum absolute atomic E-state index is 0.216. The number of ether oxygens (including phenoxy) is 2. The molecule has 0 radical (unpaired) electrons. The third-order valence-corrected chi connectivity index (χ3v) is 2.52. The van der Waals surface area contributed by atoms with Gasteiger partial charge in [0.1, 0.15) is 12.4 Å². The minimum atomic E-state index is -0.336. The van der Waals surface area contributed by atoms with E-state index in [0.717, 1.165) is 0 Å². The third-order valence-electron chi connectivity index (χ3n) is 1.99. The Morgan fingerprint density at radius 3 is 2.69 bits per heavy atom. The van der Waals surface area contributed by atoms with Crippen LogP contribution in [0.15, 0.2) is 18.2 Å². The maximum atomic E-state index is 11.1. The Labute approximate surface area is 104 Å². The molecule has 0 aliphatic rings. The van der Waals surface area contributed by atoms with Gasteiger partial charge in [-0.3, -0.25) is 4.79 Å². The quantitative estimate of drug-likeness (QED) is 0.782. The van der Waals surface area contributed by atoms with Gasteiger partial charge in [0.15, 0.2) is 0 Å². The first-order valence-electron chi connectivity index (χ1n) is 4.70. The van der Waals surface area contributed by atoms with Crippen LogP contribution in [0.2, 0.25) is 10.0 Å². The molecule has 0 fully saturated rings. The Hall–Kier alpha value is -0.930. The summed E-state index contributed by atoms with van der Waals surface area (Å²) in [7, 11) is 1.34. The van der Waals surface area contributed by atoms with Gasteiger partial charge in [0.25, 0.3) is 0 Å². The Morgan fingerprint density at radius 2 is 2.12 bits per heavy atom. The molecule has 1 aromatic rings. The topological polar surface area (TPSA) is 35.5 Å². The highest BCUT2D eigenvalue weighted by Gasteiger charge is 2.14. The predicted octanol–water partition coefficient (Wildman–Crippen LogP) is 3.18. The highest BCUT2D eigenvalue weighted by atomic mass is 35.5. The van der Waals surface area contributed by atoms with Gasteiger partial charge in [0.2, 0.25) is 0 Å². The van der Waals surface area contributed by atoms with E-state index in [2.05, 4.69) is 4.74 Å². The van der Waals surface area contributed by atoms with Gasteiger partial charge in [0.05, 0.1) is 18.1 Å². The van der Waals surface area contributed by atoms with Crippen molar-refractivity contribution >= 4 is 29.2 Å². The molecule has 1 aromatic carbocycles. The summed E-state index contributed by atoms with van der Waals surface area (Å²) in [5.41, 5.74) is 0. The van der Waals surface area contributed by atoms with Crippen LogP contribution < -0.4 is 4.74 Å². The van der Waals surface area contributed by atoms with Crippen LogP contribution in [0.25, 0.3) is 0 Å². The molecule has 3 nitrogen and oxygen atoms in total. The molecule has 0 bridgehead atoms. The molecule has 1 atom stereocenters. The summed E-state index contributed by atoms with van der Waals surface area (Å²) in [6.45, 7) is 1.93. The van der Waals surface area contributed by atoms with E-state index in [9.17, 15) is 4.79 Å². The Morgan fingerprint density at radius 1 is 1.44 bits per heavy atom. The number of benzene rings is 1. The molecular weight excluding hydrogens is 251 g/mol. The minimum Gasteiger partial charge on any atom is -0.491 e. The lowest BCUT2D eigenvalue weighted by Crippen LogP contribution is -2.20. The van der Waals surface area contributed by atoms with E-state index >= 15 is 0 Å². The number of carbonyl (C=O) groups is 1. The molecule has 0 N–H and O–H groups in total. The van der Waals surface area contributed by atoms with Crippen molar-refractivity contribution in [3.63, 3.8) is 0 Å². The molecule has 0 heterocycles. The van der Waals surface area contributed by atoms with Crippen molar-refractivity contribution in [1.29, 1.82) is 0 Å². The number of rotatable bonds is 4. The molecule has 0 saturated heterocycles. The molecule has 1 rings (SSSR count). The predicted molar refractivity (Wildman–Crippen MR) is 63.1 cm³/mol. The highest BCUT2D eigenvalue weighted by molar-refractivity contribution is 6.35. The highest BCUT2D eigenvalue weighted by Crippen LogP contribution is 2.27. The van der Waals surface area contributed by atoms with Crippen molar-refractivity contribution in [3.05, 3.63) is 28.2 Å². The van der Waals surface area contributed by atoms with Crippen LogP contribution in [-0.2, 0) is 9.53 Å². The lowest BCUT2D eigenvalue weighted by molar-refractivity contribution is -0.145. The fourth-order valence-electron chi connectivity index (χ4n) is 1.08. The first-order valence-corrected chi connectivity index (χ1v) is 5.46. The third kappa shape index (κ3) is 3.58. The largest absolute Gasteiger partial charge is 0.491 e. The fraction of sp³-hybridized carbons (Fsp3) is 0.364. The van der Waals surface area contributed by atoms with Crippen LogP contribution in [0, 0.1) is 5.92 Å². The Bertz CT molecular complexity index is 379. The average molecular weight is 263 g/mol. The maximum absolute atomic E-state index is 11.1. The van der Waals surface area contributed by atoms with Crippen molar-refractivity contribution in [2.24, 2.45) is 5.92 Å². The molecule has 16 heavy (non-hydrogen) atoms. The van der Waals surface area contributed by atoms with Crippen LogP contribution in [0.3, 0.4) is 0 Å². The summed E-state index contributed by atoms with van der Waals surface area (Å²) < 4.78 is 9.96. The van der Waals surface area contributed by atoms with Crippen LogP contribution in [0.4, 0.5) is 0 Å². The van der Waals surface area contributed by atoms with E-state index in [4.69, 9.17) is 27.9 Å². The van der Waals surface area contributed by atoms with Crippen molar-refractivity contribution in [3.8, 4) is 5.75 Å². The molecule has 88 valence electrons. The van der Waals surface area contributed by atoms with E-state index in [1.807, 2.05) is 0 Å². The van der Waals surface area contributed by atoms with Crippen LogP contribution in [0.5, 0.6) is 5.75 Å². The lowest BCUT2D eigenvalue weighted by atomic mass is 10.2. The van der Waals surface area contributed by atoms with Gasteiger partial charge in [-0.15, -0.1) is 0 Å². The zero-order chi connectivity index (χ0) is 12.1. The van der Waals surface area contributed by atoms with Crippen molar-refractivity contribution < 1.29 is 14.3 Å². The van der Waals surface area contributed by atoms with Crippen LogP contribution >= 0.6 is 23.2 Å². The summed E-state index contributed by atoms with van der Waals surface area (Å²) in [4.78, 5) is 11.1. The maximum Gasteiger partial charge on any atom is 0.311 e. The van der Waals surface area contributed by atoms with Gasteiger partial charge in [0, 0.05) is 5.02 Å². The Balaban J connectivity index is 2.58. The molecule has 0 aromatic heterocycles. The number of esters is 1. The van der Waals surface area contributed by atoms with Gasteiger partial charge < -0.3 is 9.47 Å². The van der Waals surface area contributed by atoms with E-state index in [0.29, 0.717) is 15.8 Å². The molecular formula is C11H12Cl2O3. The number of halogens is 2. The lowest BCUT2D eigenvalue weighted by Gasteiger charge is -2.12. The van der Waals surface area contributed by atoms with Crippen LogP contribution in [0.1, 0.15) is 6.92 Å². The monoisotopic (exact) mass is 262 g/mol. The first kappa shape index (κ1) is 13.1. The summed E-state index contributed by atoms with van der Waals surface area (Å²) in [6, 6.07) is 4.92. The Kier molecular flexibility index (Phi) is 4.90. The summed E-state index contributed by atoms with van der Waals surface area (Å²) in [5, 5.41) is 0.961. The van der Waals surface area contributed by atoms with E-state index in [1.54, 1.807) is 25.1 Å². The van der Waals surface area contributed by atoms with E-state index < -0.39 is 0 Å². The molecule has 0 aliphatic heterocycles. The second-order valence-electron chi connectivity index (χ2n) is 3.31. The number of hydrogen-bond acceptors (Lipinski definition) is 3. The summed E-state index contributed by atoms with van der Waals surface area (Å²) >= 11 is 11.6. The smallest absolute Gasteiger partial charge is 0.311 e. The average Bonchev–Trinajstić information content (AvgIpc) is 2.26. The number of hydrogen-bond donors (Lipinski definition) is 0. The number of methoxy groups -OCH3 is 1. The van der Waals surface area contributed by atoms with Gasteiger partial charge in [-0.1, -0.05) is 23.2 Å². The molecule has 0 spiro atoms. The van der Waals surface area contributed by atoms with Gasteiger partial charge >= 0.3 is 5.97 Å². The zero-order valence-electron chi connectivity index (χ0n) is 9.00. The standard InChI is InChI=1S/C11H12Cl2O3/c1-7(11(14)15-2)6-16-10-4-3-8(12)5-9(10)13/h3-5,7H,6H2,1-2H3. The zero-order valence-corrected chi connectivity index (χ0v) is 10.5. The van der Waals surface area contributed by atoms with Crippen molar-refractivity contribution in [2.45, 2.75) is 6.92 Å². The van der Waals surface area contributed by atoms with E-state index in [-0.39, 0.29) is 18.5 Å². The molecule has 1 unspecified atom stereocenters. The van der Waals surface area contributed by atoms with Crippen LogP contribution in [-0.4, -0.2) is 19.7 Å². The molecule has 0 saturated carbocycles. The normalized spacial score (nSPS) is 12.0. The van der Waals surface area contributed by atoms with Gasteiger partial charge in [-0.25, -0.2) is 0 Å². The molecule has 0 amide bonds. The first-order chi connectivity index (χ1) is 7.54. The van der Waals surface area contributed by atoms with Gasteiger partial charge in [-0.05, 0) is 25.1 Å². The SMILES string of the molecule is COC(=O)C(C)COc1ccc(Cl)cc1Cl. The van der Waals surface area contributed by atoms with Crippen molar-refractivity contribution in [2.75, 3.05) is 13.7 Å².